The molecule has 2 aromatic rings. The third kappa shape index (κ3) is 2.22. The second-order valence-electron chi connectivity index (χ2n) is 3.87. The molecule has 0 aliphatic heterocycles. The first-order valence-corrected chi connectivity index (χ1v) is 5.70. The summed E-state index contributed by atoms with van der Waals surface area (Å²) in [7, 11) is 1.61. The number of halogens is 1. The molecule has 2 rings (SSSR count). The molecular formula is C14H14ClNO. The van der Waals surface area contributed by atoms with Gasteiger partial charge in [-0.2, -0.15) is 0 Å². The van der Waals surface area contributed by atoms with Gasteiger partial charge in [-0.15, -0.1) is 0 Å². The molecule has 2 N–H and O–H groups in total. The lowest BCUT2D eigenvalue weighted by Gasteiger charge is -2.10. The smallest absolute Gasteiger partial charge is 0.141 e. The summed E-state index contributed by atoms with van der Waals surface area (Å²) in [6, 6.07) is 11.6. The maximum Gasteiger partial charge on any atom is 0.141 e. The molecule has 0 aliphatic rings. The number of rotatable bonds is 2. The summed E-state index contributed by atoms with van der Waals surface area (Å²) < 4.78 is 5.14. The standard InChI is InChI=1S/C14H14ClNO/c1-9-11(4-3-5-12(9)15)10-6-7-14(17-2)13(16)8-10/h3-8H,16H2,1-2H3. The Hall–Kier alpha value is -1.67. The predicted octanol–water partition coefficient (Wildman–Crippen LogP) is 3.91. The lowest BCUT2D eigenvalue weighted by Crippen LogP contribution is -1.93. The van der Waals surface area contributed by atoms with Crippen LogP contribution in [0.3, 0.4) is 0 Å². The molecule has 17 heavy (non-hydrogen) atoms. The van der Waals surface area contributed by atoms with E-state index in [1.54, 1.807) is 7.11 Å². The van der Waals surface area contributed by atoms with E-state index in [-0.39, 0.29) is 0 Å². The topological polar surface area (TPSA) is 35.2 Å². The second kappa shape index (κ2) is 4.68. The quantitative estimate of drug-likeness (QED) is 0.817. The average Bonchev–Trinajstić information content (AvgIpc) is 2.32. The van der Waals surface area contributed by atoms with Gasteiger partial charge in [-0.05, 0) is 41.8 Å². The molecule has 0 heterocycles. The molecule has 0 amide bonds. The van der Waals surface area contributed by atoms with Gasteiger partial charge in [-0.1, -0.05) is 29.8 Å². The van der Waals surface area contributed by atoms with Gasteiger partial charge in [-0.3, -0.25) is 0 Å². The van der Waals surface area contributed by atoms with E-state index in [4.69, 9.17) is 22.1 Å². The van der Waals surface area contributed by atoms with Gasteiger partial charge in [0, 0.05) is 5.02 Å². The van der Waals surface area contributed by atoms with Crippen LogP contribution in [0.25, 0.3) is 11.1 Å². The van der Waals surface area contributed by atoms with Gasteiger partial charge in [0.05, 0.1) is 12.8 Å². The van der Waals surface area contributed by atoms with Crippen LogP contribution in [0.15, 0.2) is 36.4 Å². The Labute approximate surface area is 106 Å². The molecular weight excluding hydrogens is 234 g/mol. The van der Waals surface area contributed by atoms with E-state index in [1.165, 1.54) is 0 Å². The van der Waals surface area contributed by atoms with Gasteiger partial charge in [0.25, 0.3) is 0 Å². The van der Waals surface area contributed by atoms with Crippen molar-refractivity contribution in [3.05, 3.63) is 47.0 Å². The molecule has 0 aliphatic carbocycles. The van der Waals surface area contributed by atoms with Crippen molar-refractivity contribution in [2.24, 2.45) is 0 Å². The molecule has 2 aromatic carbocycles. The maximum absolute atomic E-state index is 6.11. The molecule has 0 bridgehead atoms. The summed E-state index contributed by atoms with van der Waals surface area (Å²) in [6.45, 7) is 2.00. The zero-order valence-electron chi connectivity index (χ0n) is 9.83. The molecule has 0 fully saturated rings. The highest BCUT2D eigenvalue weighted by molar-refractivity contribution is 6.31. The van der Waals surface area contributed by atoms with Gasteiger partial charge < -0.3 is 10.5 Å². The highest BCUT2D eigenvalue weighted by Gasteiger charge is 2.07. The molecule has 0 unspecified atom stereocenters. The fraction of sp³-hybridized carbons (Fsp3) is 0.143. The summed E-state index contributed by atoms with van der Waals surface area (Å²) in [5.41, 5.74) is 9.72. The maximum atomic E-state index is 6.11. The Morgan fingerprint density at radius 1 is 1.18 bits per heavy atom. The number of hydrogen-bond donors (Lipinski definition) is 1. The Morgan fingerprint density at radius 3 is 2.59 bits per heavy atom. The van der Waals surface area contributed by atoms with Crippen molar-refractivity contribution in [3.8, 4) is 16.9 Å². The van der Waals surface area contributed by atoms with E-state index in [9.17, 15) is 0 Å². The fourth-order valence-corrected chi connectivity index (χ4v) is 2.00. The Morgan fingerprint density at radius 2 is 1.94 bits per heavy atom. The third-order valence-corrected chi connectivity index (χ3v) is 3.22. The van der Waals surface area contributed by atoms with E-state index in [0.717, 1.165) is 21.7 Å². The van der Waals surface area contributed by atoms with Crippen molar-refractivity contribution in [3.63, 3.8) is 0 Å². The van der Waals surface area contributed by atoms with Gasteiger partial charge in [0.2, 0.25) is 0 Å². The number of anilines is 1. The van der Waals surface area contributed by atoms with Crippen LogP contribution in [0, 0.1) is 6.92 Å². The lowest BCUT2D eigenvalue weighted by molar-refractivity contribution is 0.417. The van der Waals surface area contributed by atoms with Crippen molar-refractivity contribution in [2.75, 3.05) is 12.8 Å². The van der Waals surface area contributed by atoms with Crippen molar-refractivity contribution in [1.82, 2.24) is 0 Å². The minimum atomic E-state index is 0.629. The third-order valence-electron chi connectivity index (χ3n) is 2.81. The summed E-state index contributed by atoms with van der Waals surface area (Å²) in [4.78, 5) is 0. The van der Waals surface area contributed by atoms with Crippen LogP contribution < -0.4 is 10.5 Å². The van der Waals surface area contributed by atoms with Gasteiger partial charge in [0.1, 0.15) is 5.75 Å². The number of nitrogen functional groups attached to an aromatic ring is 1. The van der Waals surface area contributed by atoms with Crippen LogP contribution in [0.1, 0.15) is 5.56 Å². The van der Waals surface area contributed by atoms with Crippen LogP contribution in [-0.2, 0) is 0 Å². The summed E-state index contributed by atoms with van der Waals surface area (Å²) in [6.07, 6.45) is 0. The molecule has 0 radical (unpaired) electrons. The van der Waals surface area contributed by atoms with Crippen LogP contribution in [-0.4, -0.2) is 7.11 Å². The van der Waals surface area contributed by atoms with Gasteiger partial charge >= 0.3 is 0 Å². The van der Waals surface area contributed by atoms with E-state index in [0.29, 0.717) is 11.4 Å². The zero-order chi connectivity index (χ0) is 12.4. The number of benzene rings is 2. The zero-order valence-corrected chi connectivity index (χ0v) is 10.6. The normalized spacial score (nSPS) is 10.3. The molecule has 0 atom stereocenters. The number of ether oxygens (including phenoxy) is 1. The molecule has 0 saturated carbocycles. The van der Waals surface area contributed by atoms with Crippen molar-refractivity contribution < 1.29 is 4.74 Å². The average molecular weight is 248 g/mol. The lowest BCUT2D eigenvalue weighted by atomic mass is 10.00. The van der Waals surface area contributed by atoms with E-state index >= 15 is 0 Å². The SMILES string of the molecule is COc1ccc(-c2cccc(Cl)c2C)cc1N. The fourth-order valence-electron chi connectivity index (χ4n) is 1.82. The van der Waals surface area contributed by atoms with Gasteiger partial charge in [-0.25, -0.2) is 0 Å². The Bertz CT molecular complexity index is 552. The molecule has 88 valence electrons. The van der Waals surface area contributed by atoms with Crippen LogP contribution >= 0.6 is 11.6 Å². The summed E-state index contributed by atoms with van der Waals surface area (Å²) >= 11 is 6.11. The van der Waals surface area contributed by atoms with Crippen molar-refractivity contribution in [2.45, 2.75) is 6.92 Å². The van der Waals surface area contributed by atoms with E-state index < -0.39 is 0 Å². The predicted molar refractivity (Wildman–Crippen MR) is 72.6 cm³/mol. The minimum absolute atomic E-state index is 0.629. The number of methoxy groups -OCH3 is 1. The minimum Gasteiger partial charge on any atom is -0.495 e. The van der Waals surface area contributed by atoms with Crippen LogP contribution in [0.5, 0.6) is 5.75 Å². The molecule has 2 nitrogen and oxygen atoms in total. The summed E-state index contributed by atoms with van der Waals surface area (Å²) in [5.74, 6) is 0.688. The first-order chi connectivity index (χ1) is 8.13. The van der Waals surface area contributed by atoms with Crippen molar-refractivity contribution >= 4 is 17.3 Å². The number of hydrogen-bond acceptors (Lipinski definition) is 2. The highest BCUT2D eigenvalue weighted by atomic mass is 35.5. The first-order valence-electron chi connectivity index (χ1n) is 5.32. The highest BCUT2D eigenvalue weighted by Crippen LogP contribution is 2.32. The monoisotopic (exact) mass is 247 g/mol. The van der Waals surface area contributed by atoms with Crippen molar-refractivity contribution in [1.29, 1.82) is 0 Å². The second-order valence-corrected chi connectivity index (χ2v) is 4.28. The molecule has 0 saturated heterocycles. The van der Waals surface area contributed by atoms with Crippen LogP contribution in [0.2, 0.25) is 5.02 Å². The summed E-state index contributed by atoms with van der Waals surface area (Å²) in [5, 5.41) is 0.761. The van der Waals surface area contributed by atoms with Gasteiger partial charge in [0.15, 0.2) is 0 Å². The first kappa shape index (κ1) is 11.8. The Kier molecular flexibility index (Phi) is 3.25. The van der Waals surface area contributed by atoms with E-state index in [2.05, 4.69) is 0 Å². The van der Waals surface area contributed by atoms with E-state index in [1.807, 2.05) is 43.3 Å². The molecule has 3 heteroatoms. The molecule has 0 spiro atoms. The Balaban J connectivity index is 2.54. The molecule has 0 aromatic heterocycles. The number of nitrogens with two attached hydrogens (primary N) is 1. The van der Waals surface area contributed by atoms with Crippen LogP contribution in [0.4, 0.5) is 5.69 Å². The largest absolute Gasteiger partial charge is 0.495 e.